The van der Waals surface area contributed by atoms with Crippen molar-refractivity contribution in [2.75, 3.05) is 23.3 Å². The summed E-state index contributed by atoms with van der Waals surface area (Å²) in [6.45, 7) is 6.05. The number of nitrogens with zero attached hydrogens (tertiary/aromatic N) is 6. The number of alkyl halides is 3. The molecule has 2 aromatic carbocycles. The maximum Gasteiger partial charge on any atom is 0.416 e. The van der Waals surface area contributed by atoms with Crippen molar-refractivity contribution in [3.63, 3.8) is 0 Å². The molecule has 2 aliphatic rings. The molecule has 0 saturated carbocycles. The summed E-state index contributed by atoms with van der Waals surface area (Å²) in [6, 6.07) is 9.18. The largest absolute Gasteiger partial charge is 0.416 e. The number of hydrogen-bond donors (Lipinski definition) is 2. The van der Waals surface area contributed by atoms with E-state index in [-0.39, 0.29) is 35.7 Å². The Labute approximate surface area is 305 Å². The molecule has 2 aromatic heterocycles. The molecule has 5 amide bonds. The van der Waals surface area contributed by atoms with Gasteiger partial charge in [0.2, 0.25) is 18.2 Å². The number of imide groups is 2. The van der Waals surface area contributed by atoms with Crippen molar-refractivity contribution in [1.82, 2.24) is 29.8 Å². The van der Waals surface area contributed by atoms with E-state index >= 15 is 0 Å². The molecule has 2 saturated heterocycles. The first-order valence-corrected chi connectivity index (χ1v) is 16.7. The number of halogens is 3. The van der Waals surface area contributed by atoms with Crippen LogP contribution in [-0.2, 0) is 30.9 Å². The van der Waals surface area contributed by atoms with Crippen LogP contribution >= 0.6 is 0 Å². The van der Waals surface area contributed by atoms with Gasteiger partial charge >= 0.3 is 6.18 Å². The number of piperidine rings is 1. The highest BCUT2D eigenvalue weighted by Crippen LogP contribution is 2.33. The average molecular weight is 743 g/mol. The molecular weight excluding hydrogens is 709 g/mol. The van der Waals surface area contributed by atoms with E-state index in [1.165, 1.54) is 23.1 Å². The van der Waals surface area contributed by atoms with E-state index in [1.807, 2.05) is 6.07 Å². The first kappa shape index (κ1) is 37.2. The molecule has 4 heterocycles. The summed E-state index contributed by atoms with van der Waals surface area (Å²) in [7, 11) is 0. The van der Waals surface area contributed by atoms with Crippen molar-refractivity contribution >= 4 is 41.4 Å². The third kappa shape index (κ3) is 7.49. The average Bonchev–Trinajstić information content (AvgIpc) is 3.59. The van der Waals surface area contributed by atoms with Crippen LogP contribution in [0.1, 0.15) is 53.7 Å². The third-order valence-electron chi connectivity index (χ3n) is 9.23. The summed E-state index contributed by atoms with van der Waals surface area (Å²) >= 11 is 0. The molecule has 14 nitrogen and oxygen atoms in total. The summed E-state index contributed by atoms with van der Waals surface area (Å²) in [5.74, 6) is 3.85. The van der Waals surface area contributed by atoms with E-state index in [4.69, 9.17) is 0 Å². The lowest BCUT2D eigenvalue weighted by Gasteiger charge is -2.38. The molecule has 2 fully saturated rings. The topological polar surface area (TPSA) is 169 Å². The van der Waals surface area contributed by atoms with Gasteiger partial charge in [0.15, 0.2) is 0 Å². The minimum atomic E-state index is -4.70. The molecule has 0 aliphatic carbocycles. The first-order valence-electron chi connectivity index (χ1n) is 16.7. The molecule has 278 valence electrons. The van der Waals surface area contributed by atoms with E-state index in [1.54, 1.807) is 39.1 Å². The van der Waals surface area contributed by atoms with Gasteiger partial charge in [-0.1, -0.05) is 11.8 Å². The van der Waals surface area contributed by atoms with Crippen LogP contribution in [0.5, 0.6) is 0 Å². The van der Waals surface area contributed by atoms with Gasteiger partial charge in [-0.15, -0.1) is 0 Å². The zero-order valence-electron chi connectivity index (χ0n) is 29.2. The fourth-order valence-corrected chi connectivity index (χ4v) is 6.00. The molecule has 0 radical (unpaired) electrons. The van der Waals surface area contributed by atoms with Crippen molar-refractivity contribution < 1.29 is 37.1 Å². The maximum atomic E-state index is 13.5. The van der Waals surface area contributed by atoms with E-state index in [9.17, 15) is 41.9 Å². The number of amides is 5. The standard InChI is InChI=1S/C37H33F3N8O6/c1-22-15-26(9-10-27(22)34(53)46(21-49)29-12-13-31(50)44-33(29)52)45-18-24(19-45)7-6-23-17-42-47(20-23)36(2,3)35(54)43-28-11-8-25(37(38,39)40)16-30(28)48-32(51)5-4-14-41-48/h4-5,8-11,14-17,20-21,24,29H,12-13,18-19H2,1-3H3,(H,43,54)(H,44,50,52). The predicted molar refractivity (Wildman–Crippen MR) is 187 cm³/mol. The second kappa shape index (κ2) is 14.5. The van der Waals surface area contributed by atoms with Gasteiger partial charge in [-0.3, -0.25) is 43.7 Å². The highest BCUT2D eigenvalue weighted by atomic mass is 19.4. The van der Waals surface area contributed by atoms with Crippen molar-refractivity contribution in [3.05, 3.63) is 99.7 Å². The lowest BCUT2D eigenvalue weighted by atomic mass is 9.97. The Morgan fingerprint density at radius 2 is 1.81 bits per heavy atom. The molecule has 1 atom stereocenters. The summed E-state index contributed by atoms with van der Waals surface area (Å²) in [6.07, 6.45) is 0.00190. The predicted octanol–water partition coefficient (Wildman–Crippen LogP) is 3.02. The normalized spacial score (nSPS) is 16.1. The Balaban J connectivity index is 1.09. The number of aromatic nitrogens is 4. The second-order valence-electron chi connectivity index (χ2n) is 13.3. The van der Waals surface area contributed by atoms with Crippen LogP contribution in [0.3, 0.4) is 0 Å². The summed E-state index contributed by atoms with van der Waals surface area (Å²) in [5.41, 5.74) is -1.14. The van der Waals surface area contributed by atoms with Gasteiger partial charge < -0.3 is 10.2 Å². The molecule has 2 aliphatic heterocycles. The van der Waals surface area contributed by atoms with Crippen molar-refractivity contribution in [3.8, 4) is 17.5 Å². The van der Waals surface area contributed by atoms with Crippen molar-refractivity contribution in [2.24, 2.45) is 5.92 Å². The zero-order chi connectivity index (χ0) is 38.9. The minimum Gasteiger partial charge on any atom is -0.369 e. The fourth-order valence-electron chi connectivity index (χ4n) is 6.00. The number of hydrogen-bond acceptors (Lipinski definition) is 9. The molecule has 4 aromatic rings. The monoisotopic (exact) mass is 742 g/mol. The number of anilines is 2. The molecule has 6 rings (SSSR count). The zero-order valence-corrected chi connectivity index (χ0v) is 29.2. The number of aryl methyl sites for hydroxylation is 1. The van der Waals surface area contributed by atoms with Crippen molar-refractivity contribution in [1.29, 1.82) is 0 Å². The smallest absolute Gasteiger partial charge is 0.369 e. The van der Waals surface area contributed by atoms with Crippen LogP contribution in [-0.4, -0.2) is 73.6 Å². The highest BCUT2D eigenvalue weighted by Gasteiger charge is 2.36. The Bertz CT molecular complexity index is 2300. The molecule has 2 N–H and O–H groups in total. The van der Waals surface area contributed by atoms with E-state index in [0.29, 0.717) is 30.6 Å². The van der Waals surface area contributed by atoms with Crippen LogP contribution in [0.4, 0.5) is 24.5 Å². The van der Waals surface area contributed by atoms with Gasteiger partial charge in [0, 0.05) is 49.2 Å². The molecule has 54 heavy (non-hydrogen) atoms. The van der Waals surface area contributed by atoms with Crippen LogP contribution < -0.4 is 21.1 Å². The minimum absolute atomic E-state index is 0.00237. The van der Waals surface area contributed by atoms with Crippen LogP contribution in [0, 0.1) is 24.7 Å². The number of carbonyl (C=O) groups excluding carboxylic acids is 5. The van der Waals surface area contributed by atoms with E-state index < -0.39 is 52.5 Å². The van der Waals surface area contributed by atoms with Crippen LogP contribution in [0.25, 0.3) is 5.69 Å². The summed E-state index contributed by atoms with van der Waals surface area (Å²) in [4.78, 5) is 77.6. The van der Waals surface area contributed by atoms with Gasteiger partial charge in [-0.25, -0.2) is 0 Å². The third-order valence-corrected chi connectivity index (χ3v) is 9.23. The summed E-state index contributed by atoms with van der Waals surface area (Å²) < 4.78 is 42.7. The quantitative estimate of drug-likeness (QED) is 0.157. The van der Waals surface area contributed by atoms with Gasteiger partial charge in [-0.05, 0) is 75.2 Å². The molecule has 1 unspecified atom stereocenters. The first-order chi connectivity index (χ1) is 25.6. The fraction of sp³-hybridized carbons (Fsp3) is 0.297. The SMILES string of the molecule is Cc1cc(N2CC(C#Cc3cnn(C(C)(C)C(=O)Nc4ccc(C(F)(F)F)cc4-n4ncccc4=O)c3)C2)ccc1C(=O)N(C=O)C1CCC(=O)NC1=O. The number of rotatable bonds is 8. The number of benzene rings is 2. The maximum absolute atomic E-state index is 13.5. The van der Waals surface area contributed by atoms with Crippen LogP contribution in [0.15, 0.2) is 71.9 Å². The molecule has 0 bridgehead atoms. The van der Waals surface area contributed by atoms with Gasteiger partial charge in [0.25, 0.3) is 17.4 Å². The van der Waals surface area contributed by atoms with Crippen LogP contribution in [0.2, 0.25) is 0 Å². The lowest BCUT2D eigenvalue weighted by Crippen LogP contribution is -2.54. The number of nitrogens with one attached hydrogen (secondary N) is 2. The van der Waals surface area contributed by atoms with Gasteiger partial charge in [0.1, 0.15) is 11.6 Å². The van der Waals surface area contributed by atoms with E-state index in [2.05, 4.69) is 37.6 Å². The molecule has 17 heteroatoms. The van der Waals surface area contributed by atoms with E-state index in [0.717, 1.165) is 39.5 Å². The Morgan fingerprint density at radius 1 is 1.06 bits per heavy atom. The Hall–Kier alpha value is -6.57. The Kier molecular flexibility index (Phi) is 9.95. The van der Waals surface area contributed by atoms with Gasteiger partial charge in [0.05, 0.1) is 34.6 Å². The summed E-state index contributed by atoms with van der Waals surface area (Å²) in [5, 5.41) is 13.0. The molecular formula is C37H33F3N8O6. The molecule has 0 spiro atoms. The number of carbonyl (C=O) groups is 5. The lowest BCUT2D eigenvalue weighted by molar-refractivity contribution is -0.139. The second-order valence-corrected chi connectivity index (χ2v) is 13.3. The Morgan fingerprint density at radius 3 is 2.48 bits per heavy atom. The highest BCUT2D eigenvalue weighted by molar-refractivity contribution is 6.07. The van der Waals surface area contributed by atoms with Gasteiger partial charge in [-0.2, -0.15) is 28.1 Å². The van der Waals surface area contributed by atoms with Crippen molar-refractivity contribution in [2.45, 2.75) is 51.4 Å².